The topological polar surface area (TPSA) is 29.1 Å². The molecule has 0 spiro atoms. The summed E-state index contributed by atoms with van der Waals surface area (Å²) < 4.78 is 0. The van der Waals surface area contributed by atoms with Crippen LogP contribution in [0.4, 0.5) is 0 Å². The van der Waals surface area contributed by atoms with E-state index >= 15 is 0 Å². The SMILES string of the molecule is CCNC(=O)C(CC(C)C)=C(Cl)CC. The van der Waals surface area contributed by atoms with Gasteiger partial charge in [-0.05, 0) is 25.7 Å². The molecule has 1 N–H and O–H groups in total. The molecule has 0 aromatic carbocycles. The molecule has 0 unspecified atom stereocenters. The van der Waals surface area contributed by atoms with Crippen LogP contribution in [0.3, 0.4) is 0 Å². The Balaban J connectivity index is 4.64. The van der Waals surface area contributed by atoms with E-state index in [0.29, 0.717) is 17.5 Å². The average Bonchev–Trinajstić information content (AvgIpc) is 2.13. The number of carbonyl (C=O) groups excluding carboxylic acids is 1. The maximum atomic E-state index is 11.6. The fourth-order valence-corrected chi connectivity index (χ4v) is 1.38. The molecule has 0 saturated carbocycles. The Labute approximate surface area is 91.7 Å². The Kier molecular flexibility index (Phi) is 6.64. The van der Waals surface area contributed by atoms with Gasteiger partial charge in [0.05, 0.1) is 0 Å². The number of nitrogens with one attached hydrogen (secondary N) is 1. The van der Waals surface area contributed by atoms with E-state index in [0.717, 1.165) is 18.4 Å². The molecule has 0 aliphatic rings. The van der Waals surface area contributed by atoms with Gasteiger partial charge in [0.2, 0.25) is 5.91 Å². The van der Waals surface area contributed by atoms with Gasteiger partial charge in [-0.3, -0.25) is 4.79 Å². The number of likely N-dealkylation sites (N-methyl/N-ethyl adjacent to an activating group) is 1. The van der Waals surface area contributed by atoms with Crippen LogP contribution in [0.1, 0.15) is 40.5 Å². The second-order valence-corrected chi connectivity index (χ2v) is 4.15. The van der Waals surface area contributed by atoms with Gasteiger partial charge >= 0.3 is 0 Å². The third-order valence-corrected chi connectivity index (χ3v) is 2.36. The Morgan fingerprint density at radius 1 is 1.36 bits per heavy atom. The van der Waals surface area contributed by atoms with Crippen molar-refractivity contribution < 1.29 is 4.79 Å². The summed E-state index contributed by atoms with van der Waals surface area (Å²) in [5, 5.41) is 3.47. The largest absolute Gasteiger partial charge is 0.353 e. The van der Waals surface area contributed by atoms with Crippen molar-refractivity contribution in [1.29, 1.82) is 0 Å². The molecule has 1 amide bonds. The van der Waals surface area contributed by atoms with E-state index in [4.69, 9.17) is 11.6 Å². The summed E-state index contributed by atoms with van der Waals surface area (Å²) in [4.78, 5) is 11.6. The Bertz CT molecular complexity index is 221. The first-order valence-electron chi connectivity index (χ1n) is 5.18. The molecule has 14 heavy (non-hydrogen) atoms. The molecule has 0 aromatic rings. The number of halogens is 1. The summed E-state index contributed by atoms with van der Waals surface area (Å²) in [5.74, 6) is 0.431. The van der Waals surface area contributed by atoms with Gasteiger partial charge in [-0.2, -0.15) is 0 Å². The number of rotatable bonds is 5. The van der Waals surface area contributed by atoms with Crippen LogP contribution in [0, 0.1) is 5.92 Å². The lowest BCUT2D eigenvalue weighted by Crippen LogP contribution is -2.25. The molecular weight excluding hydrogens is 198 g/mol. The first-order chi connectivity index (χ1) is 6.52. The molecule has 82 valence electrons. The van der Waals surface area contributed by atoms with Crippen LogP contribution in [0.5, 0.6) is 0 Å². The third-order valence-electron chi connectivity index (χ3n) is 1.86. The summed E-state index contributed by atoms with van der Waals surface area (Å²) in [6.07, 6.45) is 1.47. The van der Waals surface area contributed by atoms with Crippen molar-refractivity contribution in [3.63, 3.8) is 0 Å². The molecule has 0 bridgehead atoms. The Morgan fingerprint density at radius 3 is 2.29 bits per heavy atom. The summed E-state index contributed by atoms with van der Waals surface area (Å²) in [5.41, 5.74) is 0.742. The van der Waals surface area contributed by atoms with E-state index in [1.165, 1.54) is 0 Å². The number of carbonyl (C=O) groups is 1. The van der Waals surface area contributed by atoms with E-state index < -0.39 is 0 Å². The highest BCUT2D eigenvalue weighted by Crippen LogP contribution is 2.20. The van der Waals surface area contributed by atoms with Crippen molar-refractivity contribution >= 4 is 17.5 Å². The van der Waals surface area contributed by atoms with Crippen LogP contribution in [-0.4, -0.2) is 12.5 Å². The number of allylic oxidation sites excluding steroid dienone is 1. The summed E-state index contributed by atoms with van der Waals surface area (Å²) in [7, 11) is 0. The lowest BCUT2D eigenvalue weighted by molar-refractivity contribution is -0.117. The quantitative estimate of drug-likeness (QED) is 0.705. The monoisotopic (exact) mass is 217 g/mol. The third kappa shape index (κ3) is 4.66. The molecule has 2 nitrogen and oxygen atoms in total. The van der Waals surface area contributed by atoms with Gasteiger partial charge in [0.15, 0.2) is 0 Å². The van der Waals surface area contributed by atoms with Crippen LogP contribution in [0.25, 0.3) is 0 Å². The minimum atomic E-state index is -0.0203. The van der Waals surface area contributed by atoms with E-state index in [1.807, 2.05) is 13.8 Å². The zero-order valence-electron chi connectivity index (χ0n) is 9.48. The Morgan fingerprint density at radius 2 is 1.93 bits per heavy atom. The standard InChI is InChI=1S/C11H20ClNO/c1-5-10(12)9(7-8(3)4)11(14)13-6-2/h8H,5-7H2,1-4H3,(H,13,14). The highest BCUT2D eigenvalue weighted by molar-refractivity contribution is 6.31. The highest BCUT2D eigenvalue weighted by Gasteiger charge is 2.13. The van der Waals surface area contributed by atoms with Crippen LogP contribution in [0.15, 0.2) is 10.6 Å². The van der Waals surface area contributed by atoms with Gasteiger partial charge in [-0.1, -0.05) is 32.4 Å². The maximum absolute atomic E-state index is 11.6. The van der Waals surface area contributed by atoms with Crippen molar-refractivity contribution in [2.45, 2.75) is 40.5 Å². The Hall–Kier alpha value is -0.500. The van der Waals surface area contributed by atoms with Crippen LogP contribution >= 0.6 is 11.6 Å². The van der Waals surface area contributed by atoms with Gasteiger partial charge in [0.25, 0.3) is 0 Å². The van der Waals surface area contributed by atoms with Crippen molar-refractivity contribution in [1.82, 2.24) is 5.32 Å². The molecule has 0 saturated heterocycles. The van der Waals surface area contributed by atoms with Crippen LogP contribution in [-0.2, 0) is 4.79 Å². The van der Waals surface area contributed by atoms with E-state index in [9.17, 15) is 4.79 Å². The van der Waals surface area contributed by atoms with Gasteiger partial charge < -0.3 is 5.32 Å². The molecule has 0 radical (unpaired) electrons. The fraction of sp³-hybridized carbons (Fsp3) is 0.727. The zero-order chi connectivity index (χ0) is 11.1. The second kappa shape index (κ2) is 6.88. The summed E-state index contributed by atoms with van der Waals surface area (Å²) in [6.45, 7) is 8.68. The summed E-state index contributed by atoms with van der Waals surface area (Å²) in [6, 6.07) is 0. The zero-order valence-corrected chi connectivity index (χ0v) is 10.2. The van der Waals surface area contributed by atoms with Gasteiger partial charge in [0.1, 0.15) is 0 Å². The second-order valence-electron chi connectivity index (χ2n) is 3.69. The minimum Gasteiger partial charge on any atom is -0.353 e. The molecule has 0 aliphatic heterocycles. The first-order valence-corrected chi connectivity index (χ1v) is 5.56. The molecule has 0 rings (SSSR count). The smallest absolute Gasteiger partial charge is 0.248 e. The predicted molar refractivity (Wildman–Crippen MR) is 61.3 cm³/mol. The maximum Gasteiger partial charge on any atom is 0.248 e. The van der Waals surface area contributed by atoms with Crippen molar-refractivity contribution in [3.8, 4) is 0 Å². The molecule has 0 aliphatic carbocycles. The number of amides is 1. The average molecular weight is 218 g/mol. The molecule has 0 fully saturated rings. The normalized spacial score (nSPS) is 12.7. The van der Waals surface area contributed by atoms with E-state index in [1.54, 1.807) is 0 Å². The van der Waals surface area contributed by atoms with Gasteiger partial charge in [0, 0.05) is 17.2 Å². The van der Waals surface area contributed by atoms with E-state index in [-0.39, 0.29) is 5.91 Å². The van der Waals surface area contributed by atoms with Gasteiger partial charge in [-0.15, -0.1) is 0 Å². The number of hydrogen-bond acceptors (Lipinski definition) is 1. The minimum absolute atomic E-state index is 0.0203. The lowest BCUT2D eigenvalue weighted by Gasteiger charge is -2.11. The van der Waals surface area contributed by atoms with Crippen molar-refractivity contribution in [3.05, 3.63) is 10.6 Å². The van der Waals surface area contributed by atoms with Crippen LogP contribution in [0.2, 0.25) is 0 Å². The van der Waals surface area contributed by atoms with Gasteiger partial charge in [-0.25, -0.2) is 0 Å². The van der Waals surface area contributed by atoms with Crippen molar-refractivity contribution in [2.24, 2.45) is 5.92 Å². The first kappa shape index (κ1) is 13.5. The van der Waals surface area contributed by atoms with E-state index in [2.05, 4.69) is 19.2 Å². The van der Waals surface area contributed by atoms with Crippen LogP contribution < -0.4 is 5.32 Å². The molecular formula is C11H20ClNO. The molecule has 0 atom stereocenters. The molecule has 3 heteroatoms. The number of hydrogen-bond donors (Lipinski definition) is 1. The molecule has 0 aromatic heterocycles. The summed E-state index contributed by atoms with van der Waals surface area (Å²) >= 11 is 6.02. The lowest BCUT2D eigenvalue weighted by atomic mass is 10.0. The van der Waals surface area contributed by atoms with Crippen molar-refractivity contribution in [2.75, 3.05) is 6.54 Å². The molecule has 0 heterocycles. The predicted octanol–water partition coefficient (Wildman–Crippen LogP) is 3.07. The fourth-order valence-electron chi connectivity index (χ4n) is 1.22. The highest BCUT2D eigenvalue weighted by atomic mass is 35.5.